The van der Waals surface area contributed by atoms with Crippen LogP contribution >= 0.6 is 11.6 Å². The monoisotopic (exact) mass is 309 g/mol. The van der Waals surface area contributed by atoms with Crippen molar-refractivity contribution >= 4 is 17.6 Å². The Morgan fingerprint density at radius 2 is 1.81 bits per heavy atom. The van der Waals surface area contributed by atoms with E-state index in [2.05, 4.69) is 5.32 Å². The molecule has 2 rings (SSSR count). The lowest BCUT2D eigenvalue weighted by molar-refractivity contribution is -0.162. The SMILES string of the molecule is CC(C)(C)C(=O)OC(c1ccc(Cl)cc1)C1CCNCC1. The number of rotatable bonds is 3. The molecule has 1 unspecified atom stereocenters. The van der Waals surface area contributed by atoms with Crippen LogP contribution < -0.4 is 5.32 Å². The molecule has 1 saturated heterocycles. The van der Waals surface area contributed by atoms with Crippen LogP contribution in [0.5, 0.6) is 0 Å². The standard InChI is InChI=1S/C17H24ClNO2/c1-17(2,3)16(20)21-15(13-8-10-19-11-9-13)12-4-6-14(18)7-5-12/h4-7,13,15,19H,8-11H2,1-3H3. The highest BCUT2D eigenvalue weighted by molar-refractivity contribution is 6.30. The van der Waals surface area contributed by atoms with E-state index in [0.717, 1.165) is 31.5 Å². The second kappa shape index (κ2) is 6.80. The number of hydrogen-bond acceptors (Lipinski definition) is 3. The van der Waals surface area contributed by atoms with Crippen LogP contribution in [0.2, 0.25) is 5.02 Å². The normalized spacial score (nSPS) is 18.3. The zero-order valence-electron chi connectivity index (χ0n) is 13.0. The zero-order chi connectivity index (χ0) is 15.5. The van der Waals surface area contributed by atoms with Gasteiger partial charge in [-0.2, -0.15) is 0 Å². The first kappa shape index (κ1) is 16.3. The molecule has 1 fully saturated rings. The Bertz CT molecular complexity index is 473. The highest BCUT2D eigenvalue weighted by atomic mass is 35.5. The summed E-state index contributed by atoms with van der Waals surface area (Å²) in [5.74, 6) is 0.208. The molecule has 1 atom stereocenters. The Hall–Kier alpha value is -1.06. The number of carbonyl (C=O) groups is 1. The molecule has 0 amide bonds. The molecule has 116 valence electrons. The Labute approximate surface area is 132 Å². The molecular weight excluding hydrogens is 286 g/mol. The fourth-order valence-corrected chi connectivity index (χ4v) is 2.65. The van der Waals surface area contributed by atoms with Crippen molar-refractivity contribution in [3.05, 3.63) is 34.9 Å². The van der Waals surface area contributed by atoms with Gasteiger partial charge < -0.3 is 10.1 Å². The molecule has 0 aromatic heterocycles. The van der Waals surface area contributed by atoms with Crippen molar-refractivity contribution in [2.75, 3.05) is 13.1 Å². The molecule has 4 heteroatoms. The van der Waals surface area contributed by atoms with Crippen LogP contribution in [0.4, 0.5) is 0 Å². The van der Waals surface area contributed by atoms with Gasteiger partial charge in [0.2, 0.25) is 0 Å². The van der Waals surface area contributed by atoms with E-state index in [9.17, 15) is 4.79 Å². The summed E-state index contributed by atoms with van der Waals surface area (Å²) in [4.78, 5) is 12.3. The molecule has 0 radical (unpaired) electrons. The first-order chi connectivity index (χ1) is 9.88. The van der Waals surface area contributed by atoms with Gasteiger partial charge in [0.05, 0.1) is 5.41 Å². The molecule has 0 spiro atoms. The van der Waals surface area contributed by atoms with Crippen LogP contribution in [-0.4, -0.2) is 19.1 Å². The van der Waals surface area contributed by atoms with E-state index in [1.54, 1.807) is 0 Å². The van der Waals surface area contributed by atoms with Crippen molar-refractivity contribution in [3.8, 4) is 0 Å². The number of carbonyl (C=O) groups excluding carboxylic acids is 1. The third-order valence-corrected chi connectivity index (χ3v) is 4.11. The number of halogens is 1. The van der Waals surface area contributed by atoms with Crippen LogP contribution in [0.1, 0.15) is 45.3 Å². The van der Waals surface area contributed by atoms with Gasteiger partial charge in [-0.15, -0.1) is 0 Å². The molecule has 1 N–H and O–H groups in total. The maximum Gasteiger partial charge on any atom is 0.311 e. The molecule has 1 aromatic rings. The third kappa shape index (κ3) is 4.45. The van der Waals surface area contributed by atoms with Gasteiger partial charge >= 0.3 is 5.97 Å². The minimum atomic E-state index is -0.488. The quantitative estimate of drug-likeness (QED) is 0.859. The summed E-state index contributed by atoms with van der Waals surface area (Å²) >= 11 is 5.96. The molecule has 1 aliphatic heterocycles. The van der Waals surface area contributed by atoms with Crippen LogP contribution in [0, 0.1) is 11.3 Å². The Morgan fingerprint density at radius 1 is 1.24 bits per heavy atom. The largest absolute Gasteiger partial charge is 0.457 e. The van der Waals surface area contributed by atoms with E-state index in [4.69, 9.17) is 16.3 Å². The summed E-state index contributed by atoms with van der Waals surface area (Å²) in [5, 5.41) is 4.05. The average Bonchev–Trinajstić information content (AvgIpc) is 2.45. The third-order valence-electron chi connectivity index (χ3n) is 3.86. The zero-order valence-corrected chi connectivity index (χ0v) is 13.7. The van der Waals surface area contributed by atoms with Crippen molar-refractivity contribution in [2.45, 2.75) is 39.7 Å². The summed E-state index contributed by atoms with van der Waals surface area (Å²) in [6.07, 6.45) is 1.85. The van der Waals surface area contributed by atoms with E-state index < -0.39 is 5.41 Å². The smallest absolute Gasteiger partial charge is 0.311 e. The van der Waals surface area contributed by atoms with Gasteiger partial charge in [0.15, 0.2) is 0 Å². The van der Waals surface area contributed by atoms with Crippen LogP contribution in [0.3, 0.4) is 0 Å². The van der Waals surface area contributed by atoms with E-state index >= 15 is 0 Å². The average molecular weight is 310 g/mol. The van der Waals surface area contributed by atoms with Gasteiger partial charge in [-0.05, 0) is 64.4 Å². The molecular formula is C17H24ClNO2. The van der Waals surface area contributed by atoms with E-state index in [0.29, 0.717) is 10.9 Å². The summed E-state index contributed by atoms with van der Waals surface area (Å²) in [7, 11) is 0. The maximum absolute atomic E-state index is 12.3. The Balaban J connectivity index is 2.21. The predicted octanol–water partition coefficient (Wildman–Crippen LogP) is 3.97. The first-order valence-electron chi connectivity index (χ1n) is 7.55. The van der Waals surface area contributed by atoms with Crippen LogP contribution in [0.25, 0.3) is 0 Å². The maximum atomic E-state index is 12.3. The lowest BCUT2D eigenvalue weighted by Gasteiger charge is -2.32. The number of ether oxygens (including phenoxy) is 1. The van der Waals surface area contributed by atoms with E-state index in [-0.39, 0.29) is 12.1 Å². The Morgan fingerprint density at radius 3 is 2.33 bits per heavy atom. The lowest BCUT2D eigenvalue weighted by Crippen LogP contribution is -2.34. The highest BCUT2D eigenvalue weighted by Gasteiger charge is 2.32. The summed E-state index contributed by atoms with van der Waals surface area (Å²) in [5.41, 5.74) is 0.543. The number of nitrogens with one attached hydrogen (secondary N) is 1. The molecule has 0 aliphatic carbocycles. The fraction of sp³-hybridized carbons (Fsp3) is 0.588. The first-order valence-corrected chi connectivity index (χ1v) is 7.93. The molecule has 0 bridgehead atoms. The van der Waals surface area contributed by atoms with Gasteiger partial charge in [0, 0.05) is 10.9 Å². The summed E-state index contributed by atoms with van der Waals surface area (Å²) in [6.45, 7) is 7.60. The van der Waals surface area contributed by atoms with E-state index in [1.165, 1.54) is 0 Å². The van der Waals surface area contributed by atoms with Crippen molar-refractivity contribution in [1.29, 1.82) is 0 Å². The van der Waals surface area contributed by atoms with Gasteiger partial charge in [0.25, 0.3) is 0 Å². The fourth-order valence-electron chi connectivity index (χ4n) is 2.53. The van der Waals surface area contributed by atoms with Gasteiger partial charge in [-0.25, -0.2) is 0 Å². The molecule has 3 nitrogen and oxygen atoms in total. The van der Waals surface area contributed by atoms with Crippen molar-refractivity contribution in [1.82, 2.24) is 5.32 Å². The van der Waals surface area contributed by atoms with Crippen LogP contribution in [0.15, 0.2) is 24.3 Å². The molecule has 21 heavy (non-hydrogen) atoms. The second-order valence-electron chi connectivity index (χ2n) is 6.71. The minimum absolute atomic E-state index is 0.152. The number of benzene rings is 1. The van der Waals surface area contributed by atoms with Gasteiger partial charge in [-0.1, -0.05) is 23.7 Å². The van der Waals surface area contributed by atoms with Crippen LogP contribution in [-0.2, 0) is 9.53 Å². The topological polar surface area (TPSA) is 38.3 Å². The molecule has 0 saturated carbocycles. The van der Waals surface area contributed by atoms with Gasteiger partial charge in [-0.3, -0.25) is 4.79 Å². The molecule has 1 aromatic carbocycles. The number of esters is 1. The molecule has 1 aliphatic rings. The van der Waals surface area contributed by atoms with Crippen molar-refractivity contribution in [2.24, 2.45) is 11.3 Å². The summed E-state index contributed by atoms with van der Waals surface area (Å²) in [6, 6.07) is 7.64. The summed E-state index contributed by atoms with van der Waals surface area (Å²) < 4.78 is 5.87. The lowest BCUT2D eigenvalue weighted by atomic mass is 9.87. The second-order valence-corrected chi connectivity index (χ2v) is 7.15. The number of hydrogen-bond donors (Lipinski definition) is 1. The highest BCUT2D eigenvalue weighted by Crippen LogP contribution is 2.34. The molecule has 1 heterocycles. The number of piperidine rings is 1. The van der Waals surface area contributed by atoms with Gasteiger partial charge in [0.1, 0.15) is 6.10 Å². The predicted molar refractivity (Wildman–Crippen MR) is 85.3 cm³/mol. The Kier molecular flexibility index (Phi) is 5.28. The van der Waals surface area contributed by atoms with E-state index in [1.807, 2.05) is 45.0 Å². The van der Waals surface area contributed by atoms with Crippen molar-refractivity contribution in [3.63, 3.8) is 0 Å². The van der Waals surface area contributed by atoms with Crippen molar-refractivity contribution < 1.29 is 9.53 Å². The minimum Gasteiger partial charge on any atom is -0.457 e.